The first kappa shape index (κ1) is 23.8. The van der Waals surface area contributed by atoms with Crippen molar-refractivity contribution in [3.8, 4) is 11.1 Å². The molecule has 2 amide bonds. The van der Waals surface area contributed by atoms with Crippen LogP contribution in [0.2, 0.25) is 0 Å². The van der Waals surface area contributed by atoms with Gasteiger partial charge >= 0.3 is 12.1 Å². The van der Waals surface area contributed by atoms with Crippen LogP contribution in [-0.4, -0.2) is 54.5 Å². The lowest BCUT2D eigenvalue weighted by Crippen LogP contribution is -2.52. The van der Waals surface area contributed by atoms with Crippen LogP contribution < -0.4 is 10.6 Å². The number of carboxylic acid groups (broad SMARTS) is 1. The number of benzene rings is 2. The van der Waals surface area contributed by atoms with Gasteiger partial charge in [0.15, 0.2) is 6.10 Å². The van der Waals surface area contributed by atoms with E-state index in [-0.39, 0.29) is 12.5 Å². The predicted molar refractivity (Wildman–Crippen MR) is 125 cm³/mol. The maximum absolute atomic E-state index is 12.7. The summed E-state index contributed by atoms with van der Waals surface area (Å²) in [6, 6.07) is 14.6. The van der Waals surface area contributed by atoms with Crippen LogP contribution in [0.15, 0.2) is 48.5 Å². The Morgan fingerprint density at radius 2 is 1.74 bits per heavy atom. The monoisotopic (exact) mass is 466 g/mol. The number of hydrogen-bond acceptors (Lipinski definition) is 5. The van der Waals surface area contributed by atoms with Crippen molar-refractivity contribution in [2.75, 3.05) is 13.2 Å². The fourth-order valence-electron chi connectivity index (χ4n) is 4.71. The largest absolute Gasteiger partial charge is 0.480 e. The molecule has 3 N–H and O–H groups in total. The molecule has 2 aromatic rings. The first-order chi connectivity index (χ1) is 16.5. The van der Waals surface area contributed by atoms with E-state index in [2.05, 4.69) is 22.8 Å². The highest BCUT2D eigenvalue weighted by molar-refractivity contribution is 5.87. The number of hydrogen-bond donors (Lipinski definition) is 3. The van der Waals surface area contributed by atoms with Crippen LogP contribution in [0.4, 0.5) is 4.79 Å². The molecule has 0 spiro atoms. The van der Waals surface area contributed by atoms with Crippen molar-refractivity contribution in [3.63, 3.8) is 0 Å². The predicted octanol–water partition coefficient (Wildman–Crippen LogP) is 3.44. The fourth-order valence-corrected chi connectivity index (χ4v) is 4.71. The van der Waals surface area contributed by atoms with Gasteiger partial charge < -0.3 is 25.2 Å². The number of carbonyl (C=O) groups is 3. The maximum atomic E-state index is 12.7. The second kappa shape index (κ2) is 10.7. The summed E-state index contributed by atoms with van der Waals surface area (Å²) in [5.41, 5.74) is 4.52. The zero-order valence-electron chi connectivity index (χ0n) is 19.2. The standard InChI is InChI=1S/C26H30N2O6/c1-2-3-12-22(25(30)31)27-24(29)23-21(13-14-33-23)28-26(32)34-15-20-18-10-6-4-8-16(18)17-9-5-7-11-19(17)20/h4-11,20-23H,2-3,12-15H2,1H3,(H,27,29)(H,28,32)(H,30,31). The van der Waals surface area contributed by atoms with Gasteiger partial charge in [-0.15, -0.1) is 0 Å². The van der Waals surface area contributed by atoms with Gasteiger partial charge in [0.05, 0.1) is 6.04 Å². The molecule has 3 unspecified atom stereocenters. The van der Waals surface area contributed by atoms with Gasteiger partial charge in [-0.05, 0) is 35.1 Å². The molecule has 0 saturated carbocycles. The van der Waals surface area contributed by atoms with Crippen molar-refractivity contribution in [2.45, 2.75) is 56.7 Å². The quantitative estimate of drug-likeness (QED) is 0.522. The van der Waals surface area contributed by atoms with Crippen molar-refractivity contribution in [1.82, 2.24) is 10.6 Å². The zero-order chi connectivity index (χ0) is 24.1. The van der Waals surface area contributed by atoms with E-state index in [4.69, 9.17) is 9.47 Å². The third-order valence-corrected chi connectivity index (χ3v) is 6.46. The van der Waals surface area contributed by atoms with Crippen LogP contribution in [0.1, 0.15) is 49.7 Å². The molecule has 1 aliphatic heterocycles. The van der Waals surface area contributed by atoms with Gasteiger partial charge in [0.2, 0.25) is 0 Å². The van der Waals surface area contributed by atoms with Gasteiger partial charge in [0, 0.05) is 12.5 Å². The topological polar surface area (TPSA) is 114 Å². The van der Waals surface area contributed by atoms with Crippen molar-refractivity contribution >= 4 is 18.0 Å². The Morgan fingerprint density at radius 3 is 2.35 bits per heavy atom. The molecule has 2 aromatic carbocycles. The Morgan fingerprint density at radius 1 is 1.09 bits per heavy atom. The minimum absolute atomic E-state index is 0.0630. The Labute approximate surface area is 198 Å². The van der Waals surface area contributed by atoms with Gasteiger partial charge in [-0.2, -0.15) is 0 Å². The van der Waals surface area contributed by atoms with Crippen LogP contribution >= 0.6 is 0 Å². The van der Waals surface area contributed by atoms with Crippen LogP contribution in [0.3, 0.4) is 0 Å². The molecular formula is C26H30N2O6. The maximum Gasteiger partial charge on any atom is 0.407 e. The SMILES string of the molecule is CCCCC(NC(=O)C1OCCC1NC(=O)OCC1c2ccccc2-c2ccccc21)C(=O)O. The second-order valence-corrected chi connectivity index (χ2v) is 8.70. The summed E-state index contributed by atoms with van der Waals surface area (Å²) >= 11 is 0. The number of alkyl carbamates (subject to hydrolysis) is 1. The summed E-state index contributed by atoms with van der Waals surface area (Å²) in [6.07, 6.45) is 0.708. The van der Waals surface area contributed by atoms with E-state index in [1.807, 2.05) is 43.3 Å². The van der Waals surface area contributed by atoms with Crippen LogP contribution in [0, 0.1) is 0 Å². The summed E-state index contributed by atoms with van der Waals surface area (Å²) in [7, 11) is 0. The van der Waals surface area contributed by atoms with Gasteiger partial charge in [-0.3, -0.25) is 4.79 Å². The molecular weight excluding hydrogens is 436 g/mol. The minimum atomic E-state index is -1.08. The number of aliphatic carboxylic acids is 1. The van der Waals surface area contributed by atoms with E-state index in [0.29, 0.717) is 25.9 Å². The number of nitrogens with one attached hydrogen (secondary N) is 2. The number of rotatable bonds is 9. The number of fused-ring (bicyclic) bond motifs is 3. The van der Waals surface area contributed by atoms with Crippen molar-refractivity contribution in [3.05, 3.63) is 59.7 Å². The third-order valence-electron chi connectivity index (χ3n) is 6.46. The van der Waals surface area contributed by atoms with E-state index < -0.39 is 36.2 Å². The Kier molecular flexibility index (Phi) is 7.47. The van der Waals surface area contributed by atoms with Crippen LogP contribution in [-0.2, 0) is 19.1 Å². The van der Waals surface area contributed by atoms with Crippen molar-refractivity contribution in [1.29, 1.82) is 0 Å². The van der Waals surface area contributed by atoms with Gasteiger partial charge in [-0.25, -0.2) is 9.59 Å². The highest BCUT2D eigenvalue weighted by atomic mass is 16.6. The molecule has 1 fully saturated rings. The van der Waals surface area contributed by atoms with E-state index in [1.165, 1.54) is 0 Å². The number of unbranched alkanes of at least 4 members (excludes halogenated alkanes) is 1. The third kappa shape index (κ3) is 5.07. The molecule has 180 valence electrons. The number of carboxylic acids is 1. The molecule has 4 rings (SSSR count). The normalized spacial score (nSPS) is 19.7. The number of carbonyl (C=O) groups excluding carboxylic acids is 2. The summed E-state index contributed by atoms with van der Waals surface area (Å²) in [6.45, 7) is 2.41. The Hall–Kier alpha value is -3.39. The number of amides is 2. The molecule has 34 heavy (non-hydrogen) atoms. The molecule has 1 aliphatic carbocycles. The van der Waals surface area contributed by atoms with E-state index in [1.54, 1.807) is 0 Å². The van der Waals surface area contributed by atoms with Gasteiger partial charge in [0.1, 0.15) is 12.6 Å². The summed E-state index contributed by atoms with van der Waals surface area (Å²) in [5.74, 6) is -1.68. The highest BCUT2D eigenvalue weighted by Gasteiger charge is 2.37. The van der Waals surface area contributed by atoms with Crippen LogP contribution in [0.25, 0.3) is 11.1 Å². The lowest BCUT2D eigenvalue weighted by molar-refractivity contribution is -0.144. The van der Waals surface area contributed by atoms with Gasteiger partial charge in [0.25, 0.3) is 5.91 Å². The molecule has 8 nitrogen and oxygen atoms in total. The van der Waals surface area contributed by atoms with Crippen LogP contribution in [0.5, 0.6) is 0 Å². The molecule has 0 bridgehead atoms. The molecule has 2 aliphatic rings. The average molecular weight is 467 g/mol. The highest BCUT2D eigenvalue weighted by Crippen LogP contribution is 2.44. The molecule has 0 aromatic heterocycles. The Bertz CT molecular complexity index is 1010. The lowest BCUT2D eigenvalue weighted by atomic mass is 9.98. The van der Waals surface area contributed by atoms with Crippen molar-refractivity contribution < 1.29 is 29.0 Å². The zero-order valence-corrected chi connectivity index (χ0v) is 19.2. The van der Waals surface area contributed by atoms with Crippen molar-refractivity contribution in [2.24, 2.45) is 0 Å². The second-order valence-electron chi connectivity index (χ2n) is 8.70. The molecule has 0 radical (unpaired) electrons. The first-order valence-corrected chi connectivity index (χ1v) is 11.8. The van der Waals surface area contributed by atoms with E-state index in [0.717, 1.165) is 28.7 Å². The summed E-state index contributed by atoms with van der Waals surface area (Å²) < 4.78 is 11.1. The Balaban J connectivity index is 1.35. The smallest absolute Gasteiger partial charge is 0.407 e. The van der Waals surface area contributed by atoms with E-state index >= 15 is 0 Å². The lowest BCUT2D eigenvalue weighted by Gasteiger charge is -2.22. The van der Waals surface area contributed by atoms with Gasteiger partial charge in [-0.1, -0.05) is 68.3 Å². The number of ether oxygens (including phenoxy) is 2. The molecule has 3 atom stereocenters. The molecule has 1 saturated heterocycles. The summed E-state index contributed by atoms with van der Waals surface area (Å²) in [5, 5.41) is 14.6. The summed E-state index contributed by atoms with van der Waals surface area (Å²) in [4.78, 5) is 36.7. The first-order valence-electron chi connectivity index (χ1n) is 11.8. The average Bonchev–Trinajstić information content (AvgIpc) is 3.42. The minimum Gasteiger partial charge on any atom is -0.480 e. The van der Waals surface area contributed by atoms with E-state index in [9.17, 15) is 19.5 Å². The fraction of sp³-hybridized carbons (Fsp3) is 0.423. The molecule has 8 heteroatoms. The molecule has 1 heterocycles.